The normalized spacial score (nSPS) is 21.3. The number of hydrogen-bond donors (Lipinski definition) is 1. The molecule has 2 aliphatic rings. The van der Waals surface area contributed by atoms with Gasteiger partial charge in [-0.3, -0.25) is 4.79 Å². The number of thiophene rings is 1. The number of rotatable bonds is 3. The van der Waals surface area contributed by atoms with E-state index in [9.17, 15) is 13.2 Å². The van der Waals surface area contributed by atoms with Crippen molar-refractivity contribution in [3.05, 3.63) is 16.5 Å². The summed E-state index contributed by atoms with van der Waals surface area (Å²) in [6.45, 7) is 3.76. The first-order valence-electron chi connectivity index (χ1n) is 6.95. The summed E-state index contributed by atoms with van der Waals surface area (Å²) in [7, 11) is -3.69. The maximum absolute atomic E-state index is 12.2. The van der Waals surface area contributed by atoms with Crippen LogP contribution in [-0.4, -0.2) is 14.3 Å². The number of sulfonamides is 1. The quantitative estimate of drug-likeness (QED) is 0.933. The van der Waals surface area contributed by atoms with Crippen LogP contribution in [0.4, 0.5) is 0 Å². The van der Waals surface area contributed by atoms with Crippen LogP contribution in [0.2, 0.25) is 0 Å². The molecule has 0 aromatic carbocycles. The van der Waals surface area contributed by atoms with E-state index in [0.29, 0.717) is 5.41 Å². The van der Waals surface area contributed by atoms with E-state index >= 15 is 0 Å². The van der Waals surface area contributed by atoms with Gasteiger partial charge in [0, 0.05) is 10.8 Å². The van der Waals surface area contributed by atoms with Crippen molar-refractivity contribution in [2.45, 2.75) is 50.2 Å². The Balaban J connectivity index is 1.66. The largest absolute Gasteiger partial charge is 0.274 e. The zero-order chi connectivity index (χ0) is 14.5. The van der Waals surface area contributed by atoms with E-state index in [1.807, 2.05) is 13.8 Å². The molecule has 4 nitrogen and oxygen atoms in total. The first kappa shape index (κ1) is 14.1. The molecule has 2 aliphatic carbocycles. The van der Waals surface area contributed by atoms with Gasteiger partial charge >= 0.3 is 0 Å². The van der Waals surface area contributed by atoms with Crippen molar-refractivity contribution in [3.63, 3.8) is 0 Å². The number of carbonyl (C=O) groups is 1. The summed E-state index contributed by atoms with van der Waals surface area (Å²) in [5.41, 5.74) is 1.32. The van der Waals surface area contributed by atoms with Gasteiger partial charge in [0.05, 0.1) is 0 Å². The molecule has 1 spiro atoms. The van der Waals surface area contributed by atoms with Crippen LogP contribution < -0.4 is 4.72 Å². The molecule has 2 fully saturated rings. The van der Waals surface area contributed by atoms with Gasteiger partial charge in [-0.25, -0.2) is 13.1 Å². The van der Waals surface area contributed by atoms with Crippen LogP contribution in [0.1, 0.15) is 42.5 Å². The van der Waals surface area contributed by atoms with E-state index in [-0.39, 0.29) is 16.0 Å². The zero-order valence-corrected chi connectivity index (χ0v) is 13.4. The molecule has 0 radical (unpaired) electrons. The number of hydrogen-bond acceptors (Lipinski definition) is 4. The molecular formula is C14H19NO3S2. The second-order valence-corrected chi connectivity index (χ2v) is 9.40. The van der Waals surface area contributed by atoms with Crippen LogP contribution in [0.3, 0.4) is 0 Å². The molecule has 0 bridgehead atoms. The van der Waals surface area contributed by atoms with Gasteiger partial charge in [-0.15, -0.1) is 11.3 Å². The molecule has 0 saturated heterocycles. The fraction of sp³-hybridized carbons (Fsp3) is 0.643. The smallest absolute Gasteiger partial charge is 0.273 e. The van der Waals surface area contributed by atoms with Crippen molar-refractivity contribution in [1.29, 1.82) is 0 Å². The van der Waals surface area contributed by atoms with Crippen molar-refractivity contribution < 1.29 is 13.2 Å². The average molecular weight is 313 g/mol. The molecule has 110 valence electrons. The summed E-state index contributed by atoms with van der Waals surface area (Å²) >= 11 is 1.21. The van der Waals surface area contributed by atoms with Crippen LogP contribution >= 0.6 is 11.3 Å². The van der Waals surface area contributed by atoms with Crippen LogP contribution in [-0.2, 0) is 14.8 Å². The molecule has 1 heterocycles. The Kier molecular flexibility index (Phi) is 3.21. The molecule has 1 N–H and O–H groups in total. The van der Waals surface area contributed by atoms with Crippen molar-refractivity contribution in [2.75, 3.05) is 0 Å². The van der Waals surface area contributed by atoms with E-state index in [1.165, 1.54) is 30.6 Å². The van der Waals surface area contributed by atoms with Gasteiger partial charge in [-0.2, -0.15) is 0 Å². The zero-order valence-electron chi connectivity index (χ0n) is 11.7. The molecule has 1 aromatic rings. The Bertz CT molecular complexity index is 628. The summed E-state index contributed by atoms with van der Waals surface area (Å²) in [5.74, 6) is -0.446. The fourth-order valence-corrected chi connectivity index (χ4v) is 5.75. The highest BCUT2D eigenvalue weighted by Crippen LogP contribution is 2.58. The highest BCUT2D eigenvalue weighted by atomic mass is 32.2. The minimum Gasteiger partial charge on any atom is -0.274 e. The fourth-order valence-electron chi connectivity index (χ4n) is 3.19. The predicted octanol–water partition coefficient (Wildman–Crippen LogP) is 2.75. The Morgan fingerprint density at radius 3 is 2.45 bits per heavy atom. The molecule has 0 aliphatic heterocycles. The third-order valence-corrected chi connectivity index (χ3v) is 7.76. The van der Waals surface area contributed by atoms with Crippen molar-refractivity contribution in [2.24, 2.45) is 11.3 Å². The van der Waals surface area contributed by atoms with Crippen LogP contribution in [0.5, 0.6) is 0 Å². The average Bonchev–Trinajstić information content (AvgIpc) is 2.55. The minimum absolute atomic E-state index is 0.118. The Morgan fingerprint density at radius 1 is 1.35 bits per heavy atom. The van der Waals surface area contributed by atoms with E-state index in [4.69, 9.17) is 0 Å². The second kappa shape index (κ2) is 4.56. The minimum atomic E-state index is -3.69. The van der Waals surface area contributed by atoms with Crippen molar-refractivity contribution in [1.82, 2.24) is 4.72 Å². The number of carbonyl (C=O) groups excluding carboxylic acids is 1. The molecule has 6 heteroatoms. The lowest BCUT2D eigenvalue weighted by Gasteiger charge is -2.53. The Labute approximate surface area is 123 Å². The number of aryl methyl sites for hydroxylation is 2. The van der Waals surface area contributed by atoms with Crippen molar-refractivity contribution >= 4 is 27.3 Å². The van der Waals surface area contributed by atoms with Gasteiger partial charge in [-0.05, 0) is 56.6 Å². The lowest BCUT2D eigenvalue weighted by atomic mass is 9.52. The van der Waals surface area contributed by atoms with E-state index in [2.05, 4.69) is 4.72 Å². The van der Waals surface area contributed by atoms with Gasteiger partial charge < -0.3 is 0 Å². The van der Waals surface area contributed by atoms with Crippen LogP contribution in [0, 0.1) is 25.2 Å². The lowest BCUT2D eigenvalue weighted by molar-refractivity contribution is -0.134. The summed E-state index contributed by atoms with van der Waals surface area (Å²) in [6, 6.07) is 1.63. The molecule has 1 aromatic heterocycles. The number of amides is 1. The maximum Gasteiger partial charge on any atom is 0.273 e. The molecule has 3 rings (SSSR count). The topological polar surface area (TPSA) is 63.2 Å². The lowest BCUT2D eigenvalue weighted by Crippen LogP contribution is -2.49. The summed E-state index contributed by atoms with van der Waals surface area (Å²) in [4.78, 5) is 13.0. The van der Waals surface area contributed by atoms with E-state index < -0.39 is 10.0 Å². The molecule has 0 unspecified atom stereocenters. The van der Waals surface area contributed by atoms with Gasteiger partial charge in [-0.1, -0.05) is 6.42 Å². The molecule has 20 heavy (non-hydrogen) atoms. The third kappa shape index (κ3) is 2.29. The predicted molar refractivity (Wildman–Crippen MR) is 78.1 cm³/mol. The highest BCUT2D eigenvalue weighted by Gasteiger charge is 2.51. The Hall–Kier alpha value is -0.880. The van der Waals surface area contributed by atoms with Gasteiger partial charge in [0.1, 0.15) is 4.21 Å². The SMILES string of the molecule is Cc1cc(S(=O)(=O)NC(=O)C2CC3(CCC3)C2)sc1C. The van der Waals surface area contributed by atoms with E-state index in [1.54, 1.807) is 6.07 Å². The molecule has 1 amide bonds. The van der Waals surface area contributed by atoms with Gasteiger partial charge in [0.2, 0.25) is 5.91 Å². The summed E-state index contributed by atoms with van der Waals surface area (Å²) < 4.78 is 26.8. The van der Waals surface area contributed by atoms with Gasteiger partial charge in [0.15, 0.2) is 0 Å². The standard InChI is InChI=1S/C14H19NO3S2/c1-9-6-12(19-10(9)2)20(17,18)15-13(16)11-7-14(8-11)4-3-5-14/h6,11H,3-5,7-8H2,1-2H3,(H,15,16). The summed E-state index contributed by atoms with van der Waals surface area (Å²) in [6.07, 6.45) is 5.37. The number of nitrogens with one attached hydrogen (secondary N) is 1. The molecule has 0 atom stereocenters. The van der Waals surface area contributed by atoms with Gasteiger partial charge in [0.25, 0.3) is 10.0 Å². The highest BCUT2D eigenvalue weighted by molar-refractivity contribution is 7.92. The molecular weight excluding hydrogens is 294 g/mol. The monoisotopic (exact) mass is 313 g/mol. The molecule has 2 saturated carbocycles. The van der Waals surface area contributed by atoms with Crippen LogP contribution in [0.25, 0.3) is 0 Å². The maximum atomic E-state index is 12.2. The second-order valence-electron chi connectivity index (χ2n) is 6.23. The van der Waals surface area contributed by atoms with E-state index in [0.717, 1.165) is 23.3 Å². The Morgan fingerprint density at radius 2 is 2.00 bits per heavy atom. The third-order valence-electron chi connectivity index (χ3n) is 4.79. The first-order chi connectivity index (χ1) is 9.31. The first-order valence-corrected chi connectivity index (χ1v) is 9.25. The van der Waals surface area contributed by atoms with Crippen LogP contribution in [0.15, 0.2) is 10.3 Å². The van der Waals surface area contributed by atoms with Crippen molar-refractivity contribution in [3.8, 4) is 0 Å². The summed E-state index contributed by atoms with van der Waals surface area (Å²) in [5, 5.41) is 0.